The maximum absolute atomic E-state index is 11.6. The summed E-state index contributed by atoms with van der Waals surface area (Å²) in [4.78, 5) is 33.7. The first-order chi connectivity index (χ1) is 12.0. The number of nitrogens with two attached hydrogens (primary N) is 1. The van der Waals surface area contributed by atoms with Crippen LogP contribution in [-0.4, -0.2) is 70.2 Å². The molecule has 0 radical (unpaired) electrons. The quantitative estimate of drug-likeness (QED) is 0.356. The molecule has 8 nitrogen and oxygen atoms in total. The van der Waals surface area contributed by atoms with Crippen molar-refractivity contribution in [2.24, 2.45) is 5.73 Å². The van der Waals surface area contributed by atoms with Crippen LogP contribution in [0.1, 0.15) is 39.0 Å². The van der Waals surface area contributed by atoms with Crippen molar-refractivity contribution in [3.8, 4) is 0 Å². The monoisotopic (exact) mass is 360 g/mol. The van der Waals surface area contributed by atoms with Gasteiger partial charge in [0.05, 0.1) is 25.9 Å². The van der Waals surface area contributed by atoms with Gasteiger partial charge in [-0.1, -0.05) is 12.8 Å². The van der Waals surface area contributed by atoms with Crippen LogP contribution in [0.4, 0.5) is 0 Å². The number of methoxy groups -OCH3 is 1. The van der Waals surface area contributed by atoms with Gasteiger partial charge in [0, 0.05) is 20.1 Å². The molecule has 8 heteroatoms. The Morgan fingerprint density at radius 2 is 1.72 bits per heavy atom. The zero-order valence-electron chi connectivity index (χ0n) is 15.4. The van der Waals surface area contributed by atoms with Crippen LogP contribution in [0.5, 0.6) is 0 Å². The van der Waals surface area contributed by atoms with Crippen molar-refractivity contribution in [2.45, 2.75) is 45.1 Å². The Balaban J connectivity index is 3.33. The van der Waals surface area contributed by atoms with E-state index in [0.717, 1.165) is 19.3 Å². The average molecular weight is 360 g/mol. The van der Waals surface area contributed by atoms with Gasteiger partial charge in [0.15, 0.2) is 5.78 Å². The van der Waals surface area contributed by atoms with Gasteiger partial charge in [-0.2, -0.15) is 0 Å². The number of amides is 1. The maximum Gasteiger partial charge on any atom is 0.246 e. The Morgan fingerprint density at radius 3 is 2.40 bits per heavy atom. The highest BCUT2D eigenvalue weighted by Gasteiger charge is 2.07. The molecular formula is C17H32N2O6. The van der Waals surface area contributed by atoms with Crippen LogP contribution in [0.2, 0.25) is 0 Å². The standard InChI is InChI=1S/C17H32N2O6/c1-14(20)16(18)7-5-3-4-6-15(21)12-25-11-10-24-9-8-19-17(22)13-23-2/h16H,3-13,18H2,1-2H3,(H,19,22)/t16-/m0/s1. The molecule has 0 rings (SSSR count). The van der Waals surface area contributed by atoms with Crippen molar-refractivity contribution in [1.29, 1.82) is 0 Å². The first-order valence-electron chi connectivity index (χ1n) is 8.66. The molecule has 0 heterocycles. The molecule has 146 valence electrons. The van der Waals surface area contributed by atoms with Crippen molar-refractivity contribution < 1.29 is 28.6 Å². The fourth-order valence-electron chi connectivity index (χ4n) is 1.99. The summed E-state index contributed by atoms with van der Waals surface area (Å²) < 4.78 is 15.2. The fraction of sp³-hybridized carbons (Fsp3) is 0.824. The predicted molar refractivity (Wildman–Crippen MR) is 93.3 cm³/mol. The van der Waals surface area contributed by atoms with Crippen LogP contribution in [0, 0.1) is 0 Å². The van der Waals surface area contributed by atoms with Gasteiger partial charge in [0.25, 0.3) is 0 Å². The number of rotatable bonds is 17. The summed E-state index contributed by atoms with van der Waals surface area (Å²) in [5.41, 5.74) is 5.64. The largest absolute Gasteiger partial charge is 0.377 e. The zero-order valence-corrected chi connectivity index (χ0v) is 15.4. The Kier molecular flexibility index (Phi) is 15.3. The molecule has 0 aliphatic carbocycles. The van der Waals surface area contributed by atoms with E-state index in [1.54, 1.807) is 0 Å². The molecule has 1 amide bonds. The van der Waals surface area contributed by atoms with Crippen molar-refractivity contribution in [2.75, 3.05) is 46.7 Å². The lowest BCUT2D eigenvalue weighted by Gasteiger charge is -2.08. The molecule has 0 aromatic rings. The molecule has 0 saturated carbocycles. The van der Waals surface area contributed by atoms with E-state index in [-0.39, 0.29) is 36.7 Å². The second-order valence-electron chi connectivity index (χ2n) is 5.80. The van der Waals surface area contributed by atoms with Gasteiger partial charge in [0.1, 0.15) is 19.0 Å². The van der Waals surface area contributed by atoms with Gasteiger partial charge in [-0.3, -0.25) is 14.4 Å². The summed E-state index contributed by atoms with van der Waals surface area (Å²) in [6, 6.07) is -0.382. The number of unbranched alkanes of at least 4 members (excludes halogenated alkanes) is 2. The van der Waals surface area contributed by atoms with E-state index in [1.807, 2.05) is 0 Å². The molecule has 25 heavy (non-hydrogen) atoms. The number of hydrogen-bond donors (Lipinski definition) is 2. The van der Waals surface area contributed by atoms with Crippen molar-refractivity contribution in [1.82, 2.24) is 5.32 Å². The van der Waals surface area contributed by atoms with Gasteiger partial charge in [0.2, 0.25) is 5.91 Å². The highest BCUT2D eigenvalue weighted by atomic mass is 16.5. The molecule has 3 N–H and O–H groups in total. The van der Waals surface area contributed by atoms with E-state index in [9.17, 15) is 14.4 Å². The number of nitrogens with one attached hydrogen (secondary N) is 1. The van der Waals surface area contributed by atoms with Gasteiger partial charge >= 0.3 is 0 Å². The summed E-state index contributed by atoms with van der Waals surface area (Å²) in [5.74, 6) is -0.122. The van der Waals surface area contributed by atoms with E-state index in [4.69, 9.17) is 15.2 Å². The number of Topliss-reactive ketones (excluding diaryl/α,β-unsaturated/α-hetero) is 2. The van der Waals surface area contributed by atoms with E-state index in [0.29, 0.717) is 39.2 Å². The number of ketones is 2. The molecule has 0 aliphatic heterocycles. The van der Waals surface area contributed by atoms with E-state index in [2.05, 4.69) is 10.1 Å². The second kappa shape index (κ2) is 16.1. The third-order valence-electron chi connectivity index (χ3n) is 3.47. The van der Waals surface area contributed by atoms with Gasteiger partial charge in [-0.25, -0.2) is 0 Å². The van der Waals surface area contributed by atoms with Gasteiger partial charge < -0.3 is 25.3 Å². The molecule has 0 saturated heterocycles. The van der Waals surface area contributed by atoms with Crippen LogP contribution in [-0.2, 0) is 28.6 Å². The summed E-state index contributed by atoms with van der Waals surface area (Å²) in [6.45, 7) is 3.12. The Bertz CT molecular complexity index is 389. The first kappa shape index (κ1) is 23.6. The third kappa shape index (κ3) is 15.9. The minimum atomic E-state index is -0.382. The number of ether oxygens (including phenoxy) is 3. The van der Waals surface area contributed by atoms with Crippen LogP contribution < -0.4 is 11.1 Å². The Hall–Kier alpha value is -1.35. The Labute approximate surface area is 149 Å². The van der Waals surface area contributed by atoms with Crippen LogP contribution in [0.3, 0.4) is 0 Å². The van der Waals surface area contributed by atoms with Gasteiger partial charge in [-0.05, 0) is 19.8 Å². The van der Waals surface area contributed by atoms with Crippen molar-refractivity contribution in [3.63, 3.8) is 0 Å². The lowest BCUT2D eigenvalue weighted by molar-refractivity contribution is -0.125. The SMILES string of the molecule is COCC(=O)NCCOCCOCC(=O)CCCCC[C@H](N)C(C)=O. The smallest absolute Gasteiger partial charge is 0.246 e. The molecule has 0 spiro atoms. The van der Waals surface area contributed by atoms with E-state index >= 15 is 0 Å². The zero-order chi connectivity index (χ0) is 18.9. The first-order valence-corrected chi connectivity index (χ1v) is 8.66. The lowest BCUT2D eigenvalue weighted by atomic mass is 10.0. The number of carbonyl (C=O) groups is 3. The third-order valence-corrected chi connectivity index (χ3v) is 3.47. The van der Waals surface area contributed by atoms with E-state index in [1.165, 1.54) is 14.0 Å². The molecule has 0 aliphatic rings. The second-order valence-corrected chi connectivity index (χ2v) is 5.80. The molecule has 0 aromatic heterocycles. The van der Waals surface area contributed by atoms with E-state index < -0.39 is 0 Å². The van der Waals surface area contributed by atoms with Crippen LogP contribution >= 0.6 is 0 Å². The molecule has 0 bridgehead atoms. The maximum atomic E-state index is 11.6. The lowest BCUT2D eigenvalue weighted by Crippen LogP contribution is -2.30. The molecule has 0 aromatic carbocycles. The highest BCUT2D eigenvalue weighted by Crippen LogP contribution is 2.06. The minimum Gasteiger partial charge on any atom is -0.377 e. The number of carbonyl (C=O) groups excluding carboxylic acids is 3. The topological polar surface area (TPSA) is 117 Å². The molecule has 0 unspecified atom stereocenters. The summed E-state index contributed by atoms with van der Waals surface area (Å²) >= 11 is 0. The summed E-state index contributed by atoms with van der Waals surface area (Å²) in [6.07, 6.45) is 3.66. The highest BCUT2D eigenvalue weighted by molar-refractivity contribution is 5.81. The predicted octanol–water partition coefficient (Wildman–Crippen LogP) is 0.218. The van der Waals surface area contributed by atoms with Crippen LogP contribution in [0.25, 0.3) is 0 Å². The number of hydrogen-bond acceptors (Lipinski definition) is 7. The molecule has 1 atom stereocenters. The van der Waals surface area contributed by atoms with Gasteiger partial charge in [-0.15, -0.1) is 0 Å². The summed E-state index contributed by atoms with van der Waals surface area (Å²) in [7, 11) is 1.46. The van der Waals surface area contributed by atoms with Crippen LogP contribution in [0.15, 0.2) is 0 Å². The molecule has 0 fully saturated rings. The van der Waals surface area contributed by atoms with Crippen molar-refractivity contribution >= 4 is 17.5 Å². The van der Waals surface area contributed by atoms with Crippen molar-refractivity contribution in [3.05, 3.63) is 0 Å². The minimum absolute atomic E-state index is 0.00375. The summed E-state index contributed by atoms with van der Waals surface area (Å²) in [5, 5.41) is 2.63. The normalized spacial score (nSPS) is 12.0. The Morgan fingerprint density at radius 1 is 1.00 bits per heavy atom. The average Bonchev–Trinajstić information content (AvgIpc) is 2.56. The molecular weight excluding hydrogens is 328 g/mol. The fourth-order valence-corrected chi connectivity index (χ4v) is 1.99.